The topological polar surface area (TPSA) is 67.5 Å². The largest absolute Gasteiger partial charge is 0.505 e. The fraction of sp³-hybridized carbons (Fsp3) is 0.300. The van der Waals surface area contributed by atoms with Gasteiger partial charge in [0.25, 0.3) is 0 Å². The number of phenolic OH excluding ortho intramolecular Hbond substituents is 1. The van der Waals surface area contributed by atoms with Crippen molar-refractivity contribution in [3.63, 3.8) is 0 Å². The normalized spacial score (nSPS) is 11.1. The Hall–Kier alpha value is -1.66. The van der Waals surface area contributed by atoms with Crippen LogP contribution in [0.15, 0.2) is 18.5 Å². The van der Waals surface area contributed by atoms with E-state index in [1.54, 1.807) is 0 Å². The molecular weight excluding hydrogens is 215 g/mol. The van der Waals surface area contributed by atoms with E-state index < -0.39 is 11.6 Å². The van der Waals surface area contributed by atoms with Crippen LogP contribution in [0.25, 0.3) is 11.0 Å². The molecule has 0 atom stereocenters. The minimum absolute atomic E-state index is 0.238. The monoisotopic (exact) mass is 226 g/mol. The maximum absolute atomic E-state index is 13.6. The van der Waals surface area contributed by atoms with Crippen LogP contribution >= 0.6 is 0 Å². The highest BCUT2D eigenvalue weighted by molar-refractivity contribution is 5.77. The van der Waals surface area contributed by atoms with Crippen molar-refractivity contribution >= 4 is 11.0 Å². The van der Waals surface area contributed by atoms with Gasteiger partial charge >= 0.3 is 0 Å². The maximum Gasteiger partial charge on any atom is 0.190 e. The molecule has 0 aliphatic heterocycles. The van der Waals surface area contributed by atoms with E-state index in [0.717, 1.165) is 0 Å². The van der Waals surface area contributed by atoms with Gasteiger partial charge in [-0.15, -0.1) is 0 Å². The number of fused-ring (bicyclic) bond motifs is 1. The van der Waals surface area contributed by atoms with E-state index >= 15 is 0 Å². The number of hydrogen-bond donors (Lipinski definition) is 2. The standard InChI is InChI=1S/C10H11FN2O3/c11-9-8(15)2-1-7-10(9)13(5-12-7)3-4-16-6-14/h1-2,5,14-15H,3-4,6H2. The molecule has 0 saturated heterocycles. The number of imidazole rings is 1. The van der Waals surface area contributed by atoms with Gasteiger partial charge in [0, 0.05) is 6.54 Å². The van der Waals surface area contributed by atoms with Gasteiger partial charge in [-0.05, 0) is 12.1 Å². The van der Waals surface area contributed by atoms with E-state index in [0.29, 0.717) is 12.1 Å². The number of benzene rings is 1. The van der Waals surface area contributed by atoms with Crippen LogP contribution in [-0.2, 0) is 11.3 Å². The van der Waals surface area contributed by atoms with E-state index in [1.165, 1.54) is 23.0 Å². The van der Waals surface area contributed by atoms with Gasteiger partial charge < -0.3 is 19.5 Å². The Labute approximate surface area is 90.7 Å². The molecule has 1 aromatic carbocycles. The van der Waals surface area contributed by atoms with Gasteiger partial charge in [0.15, 0.2) is 11.6 Å². The van der Waals surface area contributed by atoms with Crippen molar-refractivity contribution in [1.82, 2.24) is 9.55 Å². The summed E-state index contributed by atoms with van der Waals surface area (Å²) in [6.07, 6.45) is 1.47. The lowest BCUT2D eigenvalue weighted by atomic mass is 10.3. The number of hydrogen-bond acceptors (Lipinski definition) is 4. The fourth-order valence-electron chi connectivity index (χ4n) is 1.51. The zero-order chi connectivity index (χ0) is 11.5. The van der Waals surface area contributed by atoms with Crippen molar-refractivity contribution < 1.29 is 19.3 Å². The van der Waals surface area contributed by atoms with E-state index in [-0.39, 0.29) is 18.9 Å². The molecule has 86 valence electrons. The van der Waals surface area contributed by atoms with Crippen LogP contribution < -0.4 is 0 Å². The Kier molecular flexibility index (Phi) is 3.02. The lowest BCUT2D eigenvalue weighted by Crippen LogP contribution is -2.06. The van der Waals surface area contributed by atoms with Crippen molar-refractivity contribution in [2.45, 2.75) is 6.54 Å². The van der Waals surface area contributed by atoms with Crippen LogP contribution in [0, 0.1) is 5.82 Å². The van der Waals surface area contributed by atoms with Crippen molar-refractivity contribution in [2.75, 3.05) is 13.4 Å². The molecule has 0 radical (unpaired) electrons. The molecule has 6 heteroatoms. The summed E-state index contributed by atoms with van der Waals surface area (Å²) in [5.74, 6) is -1.10. The first-order chi connectivity index (χ1) is 7.74. The molecule has 0 aliphatic rings. The SMILES string of the molecule is OCOCCn1cnc2ccc(O)c(F)c21. The van der Waals surface area contributed by atoms with Crippen LogP contribution in [0.3, 0.4) is 0 Å². The van der Waals surface area contributed by atoms with E-state index in [4.69, 9.17) is 9.84 Å². The molecule has 0 saturated carbocycles. The predicted octanol–water partition coefficient (Wildman–Crippen LogP) is 0.847. The first-order valence-corrected chi connectivity index (χ1v) is 4.75. The average molecular weight is 226 g/mol. The highest BCUT2D eigenvalue weighted by Gasteiger charge is 2.11. The molecule has 0 fully saturated rings. The number of aliphatic hydroxyl groups excluding tert-OH is 1. The average Bonchev–Trinajstić information content (AvgIpc) is 2.68. The van der Waals surface area contributed by atoms with Crippen molar-refractivity contribution in [1.29, 1.82) is 0 Å². The summed E-state index contributed by atoms with van der Waals surface area (Å²) in [6.45, 7) is 0.231. The number of aromatic nitrogens is 2. The molecule has 0 spiro atoms. The third-order valence-corrected chi connectivity index (χ3v) is 2.27. The highest BCUT2D eigenvalue weighted by atomic mass is 19.1. The van der Waals surface area contributed by atoms with Crippen LogP contribution in [0.1, 0.15) is 0 Å². The molecule has 2 aromatic rings. The summed E-state index contributed by atoms with van der Waals surface area (Å²) in [5.41, 5.74) is 0.709. The summed E-state index contributed by atoms with van der Waals surface area (Å²) >= 11 is 0. The zero-order valence-electron chi connectivity index (χ0n) is 8.43. The lowest BCUT2D eigenvalue weighted by Gasteiger charge is -2.05. The molecule has 0 aliphatic carbocycles. The summed E-state index contributed by atoms with van der Waals surface area (Å²) in [6, 6.07) is 2.80. The second-order valence-electron chi connectivity index (χ2n) is 3.24. The van der Waals surface area contributed by atoms with Crippen LogP contribution in [0.2, 0.25) is 0 Å². The fourth-order valence-corrected chi connectivity index (χ4v) is 1.51. The van der Waals surface area contributed by atoms with Gasteiger partial charge in [-0.2, -0.15) is 0 Å². The quantitative estimate of drug-likeness (QED) is 0.599. The predicted molar refractivity (Wildman–Crippen MR) is 54.4 cm³/mol. The number of ether oxygens (including phenoxy) is 1. The molecule has 2 N–H and O–H groups in total. The van der Waals surface area contributed by atoms with E-state index in [2.05, 4.69) is 4.98 Å². The minimum atomic E-state index is -0.695. The van der Waals surface area contributed by atoms with Crippen molar-refractivity contribution in [2.24, 2.45) is 0 Å². The smallest absolute Gasteiger partial charge is 0.190 e. The second kappa shape index (κ2) is 4.46. The van der Waals surface area contributed by atoms with E-state index in [9.17, 15) is 9.50 Å². The van der Waals surface area contributed by atoms with Gasteiger partial charge in [-0.1, -0.05) is 0 Å². The van der Waals surface area contributed by atoms with Gasteiger partial charge in [0.2, 0.25) is 0 Å². The molecule has 16 heavy (non-hydrogen) atoms. The number of aromatic hydroxyl groups is 1. The molecule has 5 nitrogen and oxygen atoms in total. The number of halogens is 1. The van der Waals surface area contributed by atoms with Gasteiger partial charge in [0.05, 0.1) is 18.5 Å². The van der Waals surface area contributed by atoms with Crippen LogP contribution in [0.5, 0.6) is 5.75 Å². The van der Waals surface area contributed by atoms with Crippen LogP contribution in [-0.4, -0.2) is 33.2 Å². The summed E-state index contributed by atoms with van der Waals surface area (Å²) in [5, 5.41) is 17.7. The summed E-state index contributed by atoms with van der Waals surface area (Å²) in [4.78, 5) is 3.99. The molecule has 1 aromatic heterocycles. The minimum Gasteiger partial charge on any atom is -0.505 e. The Morgan fingerprint density at radius 1 is 1.44 bits per heavy atom. The van der Waals surface area contributed by atoms with Crippen LogP contribution in [0.4, 0.5) is 4.39 Å². The molecule has 2 rings (SSSR count). The Bertz CT molecular complexity index is 498. The Morgan fingerprint density at radius 3 is 3.00 bits per heavy atom. The van der Waals surface area contributed by atoms with Crippen molar-refractivity contribution in [3.8, 4) is 5.75 Å². The van der Waals surface area contributed by atoms with Gasteiger partial charge in [0.1, 0.15) is 12.3 Å². The van der Waals surface area contributed by atoms with Gasteiger partial charge in [-0.25, -0.2) is 9.37 Å². The summed E-state index contributed by atoms with van der Waals surface area (Å²) in [7, 11) is 0. The summed E-state index contributed by atoms with van der Waals surface area (Å²) < 4.78 is 19.9. The molecule has 1 heterocycles. The van der Waals surface area contributed by atoms with E-state index in [1.807, 2.05) is 0 Å². The first kappa shape index (κ1) is 10.8. The Balaban J connectivity index is 2.35. The number of rotatable bonds is 4. The number of nitrogens with zero attached hydrogens (tertiary/aromatic N) is 2. The third kappa shape index (κ3) is 1.84. The Morgan fingerprint density at radius 2 is 2.25 bits per heavy atom. The van der Waals surface area contributed by atoms with Gasteiger partial charge in [-0.3, -0.25) is 0 Å². The lowest BCUT2D eigenvalue weighted by molar-refractivity contribution is -0.00431. The third-order valence-electron chi connectivity index (χ3n) is 2.27. The number of phenols is 1. The highest BCUT2D eigenvalue weighted by Crippen LogP contribution is 2.24. The first-order valence-electron chi connectivity index (χ1n) is 4.75. The maximum atomic E-state index is 13.6. The molecule has 0 bridgehead atoms. The second-order valence-corrected chi connectivity index (χ2v) is 3.24. The number of aliphatic hydroxyl groups is 1. The van der Waals surface area contributed by atoms with Crippen molar-refractivity contribution in [3.05, 3.63) is 24.3 Å². The zero-order valence-corrected chi connectivity index (χ0v) is 8.43. The molecular formula is C10H11FN2O3. The molecule has 0 amide bonds. The molecule has 0 unspecified atom stereocenters.